The van der Waals surface area contributed by atoms with Crippen LogP contribution >= 0.6 is 0 Å². The van der Waals surface area contributed by atoms with Crippen LogP contribution in [0.1, 0.15) is 36.2 Å². The summed E-state index contributed by atoms with van der Waals surface area (Å²) in [6.07, 6.45) is -3.33. The van der Waals surface area contributed by atoms with E-state index in [1.165, 1.54) is 20.0 Å². The van der Waals surface area contributed by atoms with E-state index in [0.717, 1.165) is 15.8 Å². The largest absolute Gasteiger partial charge is 0.433 e. The number of nitrogens with two attached hydrogens (primary N) is 1. The number of aryl methyl sites for hydroxylation is 1. The van der Waals surface area contributed by atoms with Crippen LogP contribution in [0, 0.1) is 13.8 Å². The van der Waals surface area contributed by atoms with Gasteiger partial charge in [0, 0.05) is 11.1 Å². The average molecular weight is 297 g/mol. The molecular weight excluding hydrogens is 279 g/mol. The number of alkyl halides is 3. The van der Waals surface area contributed by atoms with Crippen molar-refractivity contribution in [3.05, 3.63) is 46.8 Å². The van der Waals surface area contributed by atoms with Crippen molar-refractivity contribution in [1.29, 1.82) is 0 Å². The van der Waals surface area contributed by atoms with Crippen LogP contribution in [0.4, 0.5) is 13.2 Å². The molecule has 3 nitrogen and oxygen atoms in total. The first kappa shape index (κ1) is 15.6. The second-order valence-corrected chi connectivity index (χ2v) is 5.76. The van der Waals surface area contributed by atoms with Crippen LogP contribution in [0.15, 0.2) is 24.4 Å². The molecule has 114 valence electrons. The van der Waals surface area contributed by atoms with Gasteiger partial charge in [-0.2, -0.15) is 18.3 Å². The second kappa shape index (κ2) is 4.87. The topological polar surface area (TPSA) is 43.8 Å². The van der Waals surface area contributed by atoms with Crippen molar-refractivity contribution in [2.45, 2.75) is 39.4 Å². The number of aromatic nitrogens is 2. The third kappa shape index (κ3) is 2.81. The van der Waals surface area contributed by atoms with Gasteiger partial charge in [0.05, 0.1) is 11.9 Å². The molecule has 0 aliphatic rings. The molecule has 0 fully saturated rings. The molecule has 0 aliphatic heterocycles. The number of hydrogen-bond acceptors (Lipinski definition) is 2. The Labute approximate surface area is 121 Å². The Morgan fingerprint density at radius 2 is 1.76 bits per heavy atom. The Morgan fingerprint density at radius 1 is 1.14 bits per heavy atom. The van der Waals surface area contributed by atoms with Gasteiger partial charge in [0.15, 0.2) is 5.69 Å². The molecule has 2 N–H and O–H groups in total. The van der Waals surface area contributed by atoms with Gasteiger partial charge >= 0.3 is 6.18 Å². The summed E-state index contributed by atoms with van der Waals surface area (Å²) in [5, 5.41) is 3.94. The zero-order valence-corrected chi connectivity index (χ0v) is 12.4. The van der Waals surface area contributed by atoms with E-state index in [1.54, 1.807) is 19.1 Å². The van der Waals surface area contributed by atoms with E-state index in [2.05, 4.69) is 5.10 Å². The predicted octanol–water partition coefficient (Wildman–Crippen LogP) is 3.70. The molecule has 0 spiro atoms. The van der Waals surface area contributed by atoms with Gasteiger partial charge in [-0.1, -0.05) is 12.1 Å². The lowest BCUT2D eigenvalue weighted by atomic mass is 9.95. The highest BCUT2D eigenvalue weighted by atomic mass is 19.4. The zero-order chi connectivity index (χ0) is 16.0. The fraction of sp³-hybridized carbons (Fsp3) is 0.400. The summed E-state index contributed by atoms with van der Waals surface area (Å²) in [6, 6.07) is 5.19. The first-order valence-electron chi connectivity index (χ1n) is 6.54. The Bertz CT molecular complexity index is 664. The van der Waals surface area contributed by atoms with Gasteiger partial charge in [-0.05, 0) is 44.9 Å². The predicted molar refractivity (Wildman–Crippen MR) is 75.3 cm³/mol. The molecule has 0 saturated carbocycles. The molecule has 1 heterocycles. The lowest BCUT2D eigenvalue weighted by molar-refractivity contribution is -0.144. The van der Waals surface area contributed by atoms with Gasteiger partial charge in [-0.25, -0.2) is 4.68 Å². The van der Waals surface area contributed by atoms with E-state index in [0.29, 0.717) is 5.69 Å². The Morgan fingerprint density at radius 3 is 2.29 bits per heavy atom. The van der Waals surface area contributed by atoms with Crippen LogP contribution in [-0.2, 0) is 11.7 Å². The molecule has 1 aromatic carbocycles. The van der Waals surface area contributed by atoms with E-state index in [-0.39, 0.29) is 5.56 Å². The molecule has 6 heteroatoms. The molecule has 1 aromatic heterocycles. The maximum absolute atomic E-state index is 13.5. The minimum atomic E-state index is -4.53. The van der Waals surface area contributed by atoms with Crippen molar-refractivity contribution < 1.29 is 13.2 Å². The van der Waals surface area contributed by atoms with E-state index in [9.17, 15) is 13.2 Å². The summed E-state index contributed by atoms with van der Waals surface area (Å²) < 4.78 is 41.4. The fourth-order valence-corrected chi connectivity index (χ4v) is 2.24. The van der Waals surface area contributed by atoms with Gasteiger partial charge in [0.1, 0.15) is 0 Å². The van der Waals surface area contributed by atoms with Gasteiger partial charge in [0.2, 0.25) is 0 Å². The molecule has 0 radical (unpaired) electrons. The molecule has 0 bridgehead atoms. The molecule has 0 aliphatic carbocycles. The standard InChI is InChI=1S/C15H18F3N3/c1-9-6-5-7-12(10(9)2)21-13(15(16,17)18)11(8-20-21)14(3,4)19/h5-8H,19H2,1-4H3. The van der Waals surface area contributed by atoms with Crippen molar-refractivity contribution in [1.82, 2.24) is 9.78 Å². The van der Waals surface area contributed by atoms with Gasteiger partial charge in [-0.15, -0.1) is 0 Å². The quantitative estimate of drug-likeness (QED) is 0.918. The number of rotatable bonds is 2. The minimum absolute atomic E-state index is 0.0177. The molecule has 0 unspecified atom stereocenters. The Hall–Kier alpha value is -1.82. The zero-order valence-electron chi connectivity index (χ0n) is 12.4. The maximum Gasteiger partial charge on any atom is 0.433 e. The monoisotopic (exact) mass is 297 g/mol. The number of halogens is 3. The van der Waals surface area contributed by atoms with E-state index < -0.39 is 17.4 Å². The highest BCUT2D eigenvalue weighted by Crippen LogP contribution is 2.37. The summed E-state index contributed by atoms with van der Waals surface area (Å²) in [5.41, 5.74) is 5.98. The van der Waals surface area contributed by atoms with Gasteiger partial charge in [-0.3, -0.25) is 0 Å². The summed E-state index contributed by atoms with van der Waals surface area (Å²) in [6.45, 7) is 6.70. The summed E-state index contributed by atoms with van der Waals surface area (Å²) in [7, 11) is 0. The third-order valence-corrected chi connectivity index (χ3v) is 3.54. The molecule has 2 aromatic rings. The molecule has 2 rings (SSSR count). The molecule has 0 atom stereocenters. The van der Waals surface area contributed by atoms with Crippen molar-refractivity contribution in [3.8, 4) is 5.69 Å². The summed E-state index contributed by atoms with van der Waals surface area (Å²) >= 11 is 0. The number of nitrogens with zero attached hydrogens (tertiary/aromatic N) is 2. The Kier molecular flexibility index (Phi) is 3.61. The van der Waals surface area contributed by atoms with Crippen molar-refractivity contribution in [2.24, 2.45) is 5.73 Å². The summed E-state index contributed by atoms with van der Waals surface area (Å²) in [5.74, 6) is 0. The first-order valence-corrected chi connectivity index (χ1v) is 6.54. The van der Waals surface area contributed by atoms with Crippen LogP contribution in [-0.4, -0.2) is 9.78 Å². The lowest BCUT2D eigenvalue weighted by Crippen LogP contribution is -2.31. The molecular formula is C15H18F3N3. The third-order valence-electron chi connectivity index (χ3n) is 3.54. The first-order chi connectivity index (χ1) is 9.53. The molecule has 0 amide bonds. The normalized spacial score (nSPS) is 12.8. The van der Waals surface area contributed by atoms with Crippen LogP contribution in [0.5, 0.6) is 0 Å². The number of hydrogen-bond donors (Lipinski definition) is 1. The average Bonchev–Trinajstić information content (AvgIpc) is 2.76. The fourth-order valence-electron chi connectivity index (χ4n) is 2.24. The Balaban J connectivity index is 2.77. The second-order valence-electron chi connectivity index (χ2n) is 5.76. The van der Waals surface area contributed by atoms with Crippen molar-refractivity contribution >= 4 is 0 Å². The van der Waals surface area contributed by atoms with E-state index in [1.807, 2.05) is 13.0 Å². The van der Waals surface area contributed by atoms with Crippen LogP contribution in [0.25, 0.3) is 5.69 Å². The summed E-state index contributed by atoms with van der Waals surface area (Å²) in [4.78, 5) is 0. The number of benzene rings is 1. The van der Waals surface area contributed by atoms with Gasteiger partial charge in [0.25, 0.3) is 0 Å². The highest BCUT2D eigenvalue weighted by molar-refractivity contribution is 5.47. The van der Waals surface area contributed by atoms with E-state index >= 15 is 0 Å². The van der Waals surface area contributed by atoms with Crippen LogP contribution in [0.3, 0.4) is 0 Å². The van der Waals surface area contributed by atoms with Crippen molar-refractivity contribution in [2.75, 3.05) is 0 Å². The van der Waals surface area contributed by atoms with Crippen LogP contribution < -0.4 is 5.73 Å². The minimum Gasteiger partial charge on any atom is -0.322 e. The smallest absolute Gasteiger partial charge is 0.322 e. The van der Waals surface area contributed by atoms with Crippen molar-refractivity contribution in [3.63, 3.8) is 0 Å². The molecule has 0 saturated heterocycles. The maximum atomic E-state index is 13.5. The molecule has 21 heavy (non-hydrogen) atoms. The highest BCUT2D eigenvalue weighted by Gasteiger charge is 2.41. The SMILES string of the molecule is Cc1cccc(-n2ncc(C(C)(C)N)c2C(F)(F)F)c1C. The lowest BCUT2D eigenvalue weighted by Gasteiger charge is -2.21. The van der Waals surface area contributed by atoms with E-state index in [4.69, 9.17) is 5.73 Å². The van der Waals surface area contributed by atoms with Gasteiger partial charge < -0.3 is 5.73 Å². The van der Waals surface area contributed by atoms with Crippen LogP contribution in [0.2, 0.25) is 0 Å².